The minimum absolute atomic E-state index is 0.0143. The summed E-state index contributed by atoms with van der Waals surface area (Å²) in [6, 6.07) is 3.23. The third-order valence-electron chi connectivity index (χ3n) is 3.84. The van der Waals surface area contributed by atoms with Crippen molar-refractivity contribution in [1.82, 2.24) is 4.98 Å². The van der Waals surface area contributed by atoms with Crippen molar-refractivity contribution in [1.29, 1.82) is 0 Å². The highest BCUT2D eigenvalue weighted by molar-refractivity contribution is 7.93. The van der Waals surface area contributed by atoms with Crippen molar-refractivity contribution in [2.45, 2.75) is 42.8 Å². The molecular weight excluding hydrogens is 326 g/mol. The van der Waals surface area contributed by atoms with Crippen LogP contribution in [0.3, 0.4) is 0 Å². The van der Waals surface area contributed by atoms with Crippen LogP contribution in [0.25, 0.3) is 11.1 Å². The van der Waals surface area contributed by atoms with Crippen LogP contribution in [0.4, 0.5) is 0 Å². The predicted octanol–water partition coefficient (Wildman–Crippen LogP) is 3.34. The molecule has 1 fully saturated rings. The molecule has 3 rings (SSSR count). The van der Waals surface area contributed by atoms with Crippen LogP contribution in [0.2, 0.25) is 5.02 Å². The number of nitrogens with zero attached hydrogens (tertiary/aromatic N) is 1. The number of oxazole rings is 1. The summed E-state index contributed by atoms with van der Waals surface area (Å²) in [5, 5.41) is 0.150. The predicted molar refractivity (Wildman–Crippen MR) is 84.1 cm³/mol. The van der Waals surface area contributed by atoms with Crippen LogP contribution < -0.4 is 0 Å². The number of hydrogen-bond acceptors (Lipinski definition) is 5. The lowest BCUT2D eigenvalue weighted by Gasteiger charge is -2.37. The van der Waals surface area contributed by atoms with Crippen LogP contribution >= 0.6 is 11.6 Å². The quantitative estimate of drug-likeness (QED) is 0.836. The Morgan fingerprint density at radius 2 is 1.91 bits per heavy atom. The Kier molecular flexibility index (Phi) is 3.36. The normalized spacial score (nSPS) is 18.4. The monoisotopic (exact) mass is 343 g/mol. The second-order valence-electron chi connectivity index (χ2n) is 6.94. The van der Waals surface area contributed by atoms with Crippen molar-refractivity contribution in [2.24, 2.45) is 0 Å². The molecule has 2 heterocycles. The third-order valence-corrected chi connectivity index (χ3v) is 6.74. The molecule has 1 aliphatic rings. The Hall–Kier alpha value is -1.11. The molecule has 0 aliphatic carbocycles. The summed E-state index contributed by atoms with van der Waals surface area (Å²) in [4.78, 5) is 4.42. The molecule has 22 heavy (non-hydrogen) atoms. The van der Waals surface area contributed by atoms with Gasteiger partial charge in [0.15, 0.2) is 15.4 Å². The van der Waals surface area contributed by atoms with Gasteiger partial charge in [-0.25, -0.2) is 13.4 Å². The Bertz CT molecular complexity index is 844. The summed E-state index contributed by atoms with van der Waals surface area (Å²) in [6.45, 7) is 7.82. The van der Waals surface area contributed by atoms with Crippen LogP contribution in [-0.4, -0.2) is 31.4 Å². The first-order chi connectivity index (χ1) is 10.1. The van der Waals surface area contributed by atoms with Crippen LogP contribution in [0, 0.1) is 0 Å². The average molecular weight is 344 g/mol. The highest BCUT2D eigenvalue weighted by atomic mass is 35.5. The van der Waals surface area contributed by atoms with E-state index in [0.29, 0.717) is 11.4 Å². The van der Waals surface area contributed by atoms with Crippen LogP contribution in [0.5, 0.6) is 0 Å². The zero-order chi connectivity index (χ0) is 16.3. The maximum absolute atomic E-state index is 13.0. The van der Waals surface area contributed by atoms with E-state index in [0.717, 1.165) is 0 Å². The molecule has 7 heteroatoms. The summed E-state index contributed by atoms with van der Waals surface area (Å²) in [6.07, 6.45) is 0. The fourth-order valence-electron chi connectivity index (χ4n) is 2.31. The Morgan fingerprint density at radius 1 is 1.27 bits per heavy atom. The molecule has 5 nitrogen and oxygen atoms in total. The lowest BCUT2D eigenvalue weighted by molar-refractivity contribution is -0.00488. The molecule has 2 aromatic rings. The molecule has 0 N–H and O–H groups in total. The van der Waals surface area contributed by atoms with Crippen molar-refractivity contribution in [3.63, 3.8) is 0 Å². The number of halogens is 1. The maximum atomic E-state index is 13.0. The SMILES string of the molecule is CC(C)(C)c1nc2ccc(Cl)c(S(=O)(=O)C3(C)COC3)c2o1. The number of sulfone groups is 1. The van der Waals surface area contributed by atoms with Gasteiger partial charge in [-0.05, 0) is 19.1 Å². The summed E-state index contributed by atoms with van der Waals surface area (Å²) in [5.41, 5.74) is 0.401. The fraction of sp³-hybridized carbons (Fsp3) is 0.533. The smallest absolute Gasteiger partial charge is 0.200 e. The second-order valence-corrected chi connectivity index (χ2v) is 9.75. The Labute approximate surface area is 134 Å². The lowest BCUT2D eigenvalue weighted by Crippen LogP contribution is -2.53. The fourth-order valence-corrected chi connectivity index (χ4v) is 4.44. The van der Waals surface area contributed by atoms with Gasteiger partial charge in [0.05, 0.1) is 18.2 Å². The van der Waals surface area contributed by atoms with Crippen LogP contribution in [0.1, 0.15) is 33.6 Å². The molecule has 0 amide bonds. The van der Waals surface area contributed by atoms with E-state index in [2.05, 4.69) is 4.98 Å². The van der Waals surface area contributed by atoms with Crippen molar-refractivity contribution in [3.8, 4) is 0 Å². The van der Waals surface area contributed by atoms with Gasteiger partial charge in [-0.15, -0.1) is 0 Å². The maximum Gasteiger partial charge on any atom is 0.200 e. The van der Waals surface area contributed by atoms with E-state index in [9.17, 15) is 8.42 Å². The first-order valence-electron chi connectivity index (χ1n) is 6.98. The zero-order valence-corrected chi connectivity index (χ0v) is 14.5. The molecule has 1 aliphatic heterocycles. The van der Waals surface area contributed by atoms with Gasteiger partial charge >= 0.3 is 0 Å². The first-order valence-corrected chi connectivity index (χ1v) is 8.84. The summed E-state index contributed by atoms with van der Waals surface area (Å²) < 4.78 is 35.9. The number of benzene rings is 1. The van der Waals surface area contributed by atoms with E-state index in [1.54, 1.807) is 19.1 Å². The summed E-state index contributed by atoms with van der Waals surface area (Å²) >= 11 is 6.19. The highest BCUT2D eigenvalue weighted by Crippen LogP contribution is 2.40. The van der Waals surface area contributed by atoms with Gasteiger partial charge in [0, 0.05) is 5.41 Å². The molecule has 1 aromatic carbocycles. The Balaban J connectivity index is 2.29. The molecular formula is C15H18ClNO4S. The summed E-state index contributed by atoms with van der Waals surface area (Å²) in [5.74, 6) is 0.483. The number of rotatable bonds is 2. The molecule has 0 bridgehead atoms. The largest absolute Gasteiger partial charge is 0.439 e. The van der Waals surface area contributed by atoms with Crippen molar-refractivity contribution in [2.75, 3.05) is 13.2 Å². The minimum Gasteiger partial charge on any atom is -0.439 e. The van der Waals surface area contributed by atoms with Gasteiger partial charge in [-0.2, -0.15) is 0 Å². The highest BCUT2D eigenvalue weighted by Gasteiger charge is 2.49. The number of hydrogen-bond donors (Lipinski definition) is 0. The molecule has 0 atom stereocenters. The van der Waals surface area contributed by atoms with Crippen LogP contribution in [0.15, 0.2) is 21.4 Å². The van der Waals surface area contributed by atoms with E-state index < -0.39 is 14.6 Å². The number of fused-ring (bicyclic) bond motifs is 1. The lowest BCUT2D eigenvalue weighted by atomic mass is 9.97. The van der Waals surface area contributed by atoms with Gasteiger partial charge in [0.1, 0.15) is 15.2 Å². The molecule has 0 unspecified atom stereocenters. The van der Waals surface area contributed by atoms with Gasteiger partial charge in [0.25, 0.3) is 0 Å². The summed E-state index contributed by atoms with van der Waals surface area (Å²) in [7, 11) is -3.68. The average Bonchev–Trinajstić information content (AvgIpc) is 2.78. The van der Waals surface area contributed by atoms with Crippen molar-refractivity contribution in [3.05, 3.63) is 23.0 Å². The van der Waals surface area contributed by atoms with Crippen LogP contribution in [-0.2, 0) is 20.0 Å². The standard InChI is InChI=1S/C15H18ClNO4S/c1-14(2,3)13-17-10-6-5-9(16)12(11(10)21-13)22(18,19)15(4)7-20-8-15/h5-6H,7-8H2,1-4H3. The minimum atomic E-state index is -3.68. The van der Waals surface area contributed by atoms with E-state index in [1.165, 1.54) is 0 Å². The van der Waals surface area contributed by atoms with Gasteiger partial charge in [-0.1, -0.05) is 32.4 Å². The van der Waals surface area contributed by atoms with Gasteiger partial charge < -0.3 is 9.15 Å². The van der Waals surface area contributed by atoms with Gasteiger partial charge in [-0.3, -0.25) is 0 Å². The molecule has 0 saturated carbocycles. The third kappa shape index (κ3) is 2.16. The topological polar surface area (TPSA) is 69.4 Å². The molecule has 1 aromatic heterocycles. The van der Waals surface area contributed by atoms with E-state index >= 15 is 0 Å². The molecule has 0 spiro atoms. The Morgan fingerprint density at radius 3 is 2.41 bits per heavy atom. The molecule has 0 radical (unpaired) electrons. The number of ether oxygens (including phenoxy) is 1. The second kappa shape index (κ2) is 4.69. The zero-order valence-electron chi connectivity index (χ0n) is 12.9. The molecule has 1 saturated heterocycles. The van der Waals surface area contributed by atoms with E-state index in [4.69, 9.17) is 20.8 Å². The first kappa shape index (κ1) is 15.8. The number of aromatic nitrogens is 1. The van der Waals surface area contributed by atoms with E-state index in [-0.39, 0.29) is 34.1 Å². The van der Waals surface area contributed by atoms with Crippen molar-refractivity contribution >= 4 is 32.5 Å². The van der Waals surface area contributed by atoms with Gasteiger partial charge in [0.2, 0.25) is 5.89 Å². The van der Waals surface area contributed by atoms with Crippen molar-refractivity contribution < 1.29 is 17.6 Å². The van der Waals surface area contributed by atoms with E-state index in [1.807, 2.05) is 20.8 Å². The molecule has 120 valence electrons.